The van der Waals surface area contributed by atoms with Gasteiger partial charge in [-0.1, -0.05) is 0 Å². The summed E-state index contributed by atoms with van der Waals surface area (Å²) in [6.45, 7) is 1.42. The van der Waals surface area contributed by atoms with E-state index in [-0.39, 0.29) is 10.7 Å². The molecule has 0 aliphatic carbocycles. The molecule has 7 N–H and O–H groups in total. The van der Waals surface area contributed by atoms with Gasteiger partial charge in [-0.2, -0.15) is 22.3 Å². The minimum Gasteiger partial charge on any atom is -0.370 e. The maximum Gasteiger partial charge on any atom is 0.257 e. The van der Waals surface area contributed by atoms with Crippen LogP contribution in [-0.4, -0.2) is 54.8 Å². The van der Waals surface area contributed by atoms with Crippen LogP contribution in [0, 0.1) is 11.6 Å². The van der Waals surface area contributed by atoms with Gasteiger partial charge in [0.25, 0.3) is 5.91 Å². The molecule has 9 nitrogen and oxygen atoms in total. The number of amidine groups is 1. The minimum absolute atomic E-state index is 0.143. The van der Waals surface area contributed by atoms with Gasteiger partial charge in [0.05, 0.1) is 12.7 Å². The van der Waals surface area contributed by atoms with Crippen molar-refractivity contribution >= 4 is 51.7 Å². The molecule has 1 saturated heterocycles. The van der Waals surface area contributed by atoms with Crippen molar-refractivity contribution in [3.63, 3.8) is 0 Å². The molecule has 0 spiro atoms. The molecule has 3 rings (SSSR count). The second kappa shape index (κ2) is 11.5. The summed E-state index contributed by atoms with van der Waals surface area (Å²) >= 11 is 2.83. The molecular weight excluding hydrogens is 472 g/mol. The topological polar surface area (TPSA) is 126 Å². The number of nitrogens with zero attached hydrogens (tertiary/aromatic N) is 3. The molecule has 0 saturated carbocycles. The van der Waals surface area contributed by atoms with Gasteiger partial charge in [0.15, 0.2) is 17.3 Å². The van der Waals surface area contributed by atoms with Crippen LogP contribution in [0.25, 0.3) is 0 Å². The van der Waals surface area contributed by atoms with E-state index in [1.54, 1.807) is 30.9 Å². The number of thioether (sulfide) groups is 2. The lowest BCUT2D eigenvalue weighted by Gasteiger charge is -2.28. The van der Waals surface area contributed by atoms with E-state index in [2.05, 4.69) is 10.4 Å². The smallest absolute Gasteiger partial charge is 0.257 e. The molecule has 1 heterocycles. The molecule has 2 aromatic carbocycles. The lowest BCUT2D eigenvalue weighted by Crippen LogP contribution is -2.75. The second-order valence-corrected chi connectivity index (χ2v) is 9.31. The van der Waals surface area contributed by atoms with Gasteiger partial charge in [-0.3, -0.25) is 9.80 Å². The van der Waals surface area contributed by atoms with Crippen LogP contribution in [0.4, 0.5) is 25.8 Å². The Labute approximate surface area is 198 Å². The normalized spacial score (nSPS) is 14.3. The lowest BCUT2D eigenvalue weighted by molar-refractivity contribution is -0.830. The van der Waals surface area contributed by atoms with Crippen molar-refractivity contribution in [2.75, 3.05) is 49.0 Å². The van der Waals surface area contributed by atoms with Crippen LogP contribution in [0.15, 0.2) is 40.3 Å². The monoisotopic (exact) mass is 498 g/mol. The van der Waals surface area contributed by atoms with Crippen molar-refractivity contribution in [3.05, 3.63) is 47.5 Å². The molecular formula is C20H26F2N7O2S2+. The van der Waals surface area contributed by atoms with Crippen LogP contribution in [0.3, 0.4) is 0 Å². The minimum atomic E-state index is -0.851. The van der Waals surface area contributed by atoms with Gasteiger partial charge in [-0.25, -0.2) is 19.5 Å². The van der Waals surface area contributed by atoms with Gasteiger partial charge >= 0.3 is 0 Å². The first kappa shape index (κ1) is 25.1. The number of carbonyl (C=O) groups excluding carboxylic acids is 1. The molecule has 1 fully saturated rings. The summed E-state index contributed by atoms with van der Waals surface area (Å²) in [5, 5.41) is 7.38. The molecule has 0 bridgehead atoms. The average Bonchev–Trinajstić information content (AvgIpc) is 2.80. The van der Waals surface area contributed by atoms with E-state index in [1.165, 1.54) is 35.8 Å². The Morgan fingerprint density at radius 2 is 1.94 bits per heavy atom. The number of hydrogen-bond acceptors (Lipinski definition) is 8. The Morgan fingerprint density at radius 3 is 2.52 bits per heavy atom. The first-order chi connectivity index (χ1) is 15.8. The molecule has 2 aromatic rings. The zero-order chi connectivity index (χ0) is 24.0. The second-order valence-electron chi connectivity index (χ2n) is 7.07. The zero-order valence-corrected chi connectivity index (χ0v) is 19.8. The molecule has 1 aliphatic heterocycles. The highest BCUT2D eigenvalue weighted by molar-refractivity contribution is 8.13. The van der Waals surface area contributed by atoms with Gasteiger partial charge in [0, 0.05) is 54.4 Å². The number of hydrazone groups is 1. The highest BCUT2D eigenvalue weighted by atomic mass is 32.2. The molecule has 0 aromatic heterocycles. The third-order valence-electron chi connectivity index (χ3n) is 4.76. The third kappa shape index (κ3) is 6.26. The fourth-order valence-corrected chi connectivity index (χ4v) is 4.87. The van der Waals surface area contributed by atoms with Crippen LogP contribution in [0.2, 0.25) is 0 Å². The largest absolute Gasteiger partial charge is 0.370 e. The number of nitrogens with two attached hydrogens (primary N) is 3. The standard InChI is InChI=1S/C20H25F2N7O2S2/c1-28(24)20(26-23)33-17-4-3-12(27-31-2)9-14(17)19(30)25-18-15(21)10-13(11-16(18)22)29-5-7-32-8-6-29/h3-4,9-11,27H,5-8,23-24H2,1-2H3,(H,25,30)/p+1/b26-20+. The zero-order valence-electron chi connectivity index (χ0n) is 18.2. The van der Waals surface area contributed by atoms with Crippen molar-refractivity contribution < 1.29 is 23.9 Å². The molecule has 0 atom stereocenters. The number of nitrogens with one attached hydrogen (secondary N) is 1. The summed E-state index contributed by atoms with van der Waals surface area (Å²) in [7, 11) is 3.01. The van der Waals surface area contributed by atoms with Crippen molar-refractivity contribution in [2.45, 2.75) is 4.90 Å². The first-order valence-corrected chi connectivity index (χ1v) is 11.9. The molecule has 178 valence electrons. The summed E-state index contributed by atoms with van der Waals surface area (Å²) in [4.78, 5) is 20.4. The molecule has 13 heteroatoms. The van der Waals surface area contributed by atoms with Crippen LogP contribution in [0.5, 0.6) is 0 Å². The van der Waals surface area contributed by atoms with Crippen LogP contribution in [-0.2, 0) is 4.84 Å². The number of hydrazine groups is 1. The average molecular weight is 499 g/mol. The number of halogens is 2. The SMILES string of the molecule is CO[NH2+]c1ccc(S/C(=N/N)N(C)N)c(C(=O)Nc2c(F)cc(N3CCSCC3)cc2F)c1. The number of hydrogen-bond donors (Lipinski definition) is 4. The Hall–Kier alpha value is -2.58. The maximum atomic E-state index is 14.8. The number of quaternary nitrogens is 1. The van der Waals surface area contributed by atoms with E-state index in [0.29, 0.717) is 29.4 Å². The first-order valence-electron chi connectivity index (χ1n) is 9.91. The van der Waals surface area contributed by atoms with Crippen molar-refractivity contribution in [2.24, 2.45) is 16.8 Å². The van der Waals surface area contributed by atoms with Gasteiger partial charge in [0.1, 0.15) is 5.69 Å². The number of carbonyl (C=O) groups is 1. The van der Waals surface area contributed by atoms with E-state index in [4.69, 9.17) is 16.5 Å². The highest BCUT2D eigenvalue weighted by Crippen LogP contribution is 2.30. The Kier molecular flexibility index (Phi) is 8.74. The molecule has 0 unspecified atom stereocenters. The van der Waals surface area contributed by atoms with Gasteiger partial charge < -0.3 is 16.1 Å². The predicted molar refractivity (Wildman–Crippen MR) is 128 cm³/mol. The van der Waals surface area contributed by atoms with Crippen LogP contribution < -0.4 is 27.4 Å². The Morgan fingerprint density at radius 1 is 1.27 bits per heavy atom. The number of amides is 1. The summed E-state index contributed by atoms with van der Waals surface area (Å²) in [6, 6.07) is 7.36. The summed E-state index contributed by atoms with van der Waals surface area (Å²) in [6.07, 6.45) is 0. The Balaban J connectivity index is 1.90. The Bertz CT molecular complexity index is 1010. The van der Waals surface area contributed by atoms with Gasteiger partial charge in [-0.15, -0.1) is 0 Å². The highest BCUT2D eigenvalue weighted by Gasteiger charge is 2.22. The lowest BCUT2D eigenvalue weighted by atomic mass is 10.1. The maximum absolute atomic E-state index is 14.8. The third-order valence-corrected chi connectivity index (χ3v) is 6.85. The van der Waals surface area contributed by atoms with Gasteiger partial charge in [-0.05, 0) is 30.0 Å². The fourth-order valence-electron chi connectivity index (χ4n) is 3.18. The van der Waals surface area contributed by atoms with Crippen molar-refractivity contribution in [1.82, 2.24) is 5.01 Å². The molecule has 1 amide bonds. The van der Waals surface area contributed by atoms with Gasteiger partial charge in [0.2, 0.25) is 5.17 Å². The van der Waals surface area contributed by atoms with E-state index in [9.17, 15) is 13.6 Å². The van der Waals surface area contributed by atoms with E-state index < -0.39 is 23.2 Å². The van der Waals surface area contributed by atoms with Crippen molar-refractivity contribution in [1.29, 1.82) is 0 Å². The number of benzene rings is 2. The number of rotatable bonds is 6. The van der Waals surface area contributed by atoms with Crippen LogP contribution >= 0.6 is 23.5 Å². The van der Waals surface area contributed by atoms with E-state index in [0.717, 1.165) is 23.3 Å². The molecule has 0 radical (unpaired) electrons. The molecule has 1 aliphatic rings. The molecule has 33 heavy (non-hydrogen) atoms. The summed E-state index contributed by atoms with van der Waals surface area (Å²) in [5.41, 5.74) is 2.09. The summed E-state index contributed by atoms with van der Waals surface area (Å²) in [5.74, 6) is 10.5. The quantitative estimate of drug-likeness (QED) is 0.118. The van der Waals surface area contributed by atoms with E-state index in [1.807, 2.05) is 4.90 Å². The predicted octanol–water partition coefficient (Wildman–Crippen LogP) is 1.65. The van der Waals surface area contributed by atoms with Crippen LogP contribution in [0.1, 0.15) is 10.4 Å². The van der Waals surface area contributed by atoms with E-state index >= 15 is 0 Å². The fraction of sp³-hybridized carbons (Fsp3) is 0.300. The number of anilines is 2. The summed E-state index contributed by atoms with van der Waals surface area (Å²) < 4.78 is 29.7. The van der Waals surface area contributed by atoms with Crippen molar-refractivity contribution in [3.8, 4) is 0 Å².